The largest absolute Gasteiger partial charge is 0.394 e. The van der Waals surface area contributed by atoms with Crippen LogP contribution in [0.15, 0.2) is 21.9 Å². The number of fused-ring (bicyclic) bond motifs is 1. The van der Waals surface area contributed by atoms with Crippen LogP contribution in [0, 0.1) is 0 Å². The predicted octanol–water partition coefficient (Wildman–Crippen LogP) is -4.23. The Labute approximate surface area is 213 Å². The first kappa shape index (κ1) is 29.5. The van der Waals surface area contributed by atoms with Gasteiger partial charge in [-0.05, 0) is 6.42 Å². The lowest BCUT2D eigenvalue weighted by atomic mass is 10.0. The van der Waals surface area contributed by atoms with Gasteiger partial charge in [0.15, 0.2) is 6.23 Å². The molecule has 206 valence electrons. The Bertz CT molecular complexity index is 1070. The van der Waals surface area contributed by atoms with E-state index in [1.54, 1.807) is 0 Å². The summed E-state index contributed by atoms with van der Waals surface area (Å²) in [7, 11) is -4.37. The first-order chi connectivity index (χ1) is 16.4. The molecule has 3 aliphatic rings. The molecule has 3 fully saturated rings. The molecular weight excluding hydrogens is 577 g/mol. The molecular formula is C18H29BrN3O13P. The van der Waals surface area contributed by atoms with Crippen LogP contribution in [-0.4, -0.2) is 124 Å². The minimum atomic E-state index is -4.37. The molecule has 4 rings (SSSR count). The van der Waals surface area contributed by atoms with Crippen LogP contribution in [0.4, 0.5) is 0 Å². The summed E-state index contributed by atoms with van der Waals surface area (Å²) in [6.07, 6.45) is -10.4. The zero-order valence-electron chi connectivity index (χ0n) is 18.6. The van der Waals surface area contributed by atoms with E-state index in [-0.39, 0.29) is 23.4 Å². The maximum Gasteiger partial charge on any atom is 0.330 e. The van der Waals surface area contributed by atoms with E-state index < -0.39 is 99.3 Å². The van der Waals surface area contributed by atoms with E-state index in [0.717, 1.165) is 21.9 Å². The molecule has 11 atom stereocenters. The molecule has 0 bridgehead atoms. The Hall–Kier alpha value is -1.05. The SMILES string of the molecule is Br.O=c1ccn([C@@H]2O[C@H](COP(=O)(O)C[C@@H]3C[C@H]4[C@H](O)[C@@H](O)[C@H]([C@H](O)CO)N4O3)[C@@H](O)[C@H]2O)c(=O)[nH]1. The molecule has 16 nitrogen and oxygen atoms in total. The zero-order chi connectivity index (χ0) is 25.7. The van der Waals surface area contributed by atoms with Gasteiger partial charge in [0.2, 0.25) is 0 Å². The van der Waals surface area contributed by atoms with E-state index in [2.05, 4.69) is 0 Å². The van der Waals surface area contributed by atoms with Gasteiger partial charge in [-0.1, -0.05) is 0 Å². The Morgan fingerprint density at radius 2 is 1.86 bits per heavy atom. The fraction of sp³-hybridized carbons (Fsp3) is 0.778. The van der Waals surface area contributed by atoms with Gasteiger partial charge in [0, 0.05) is 12.3 Å². The minimum absolute atomic E-state index is 0. The highest BCUT2D eigenvalue weighted by atomic mass is 79.9. The number of ether oxygens (including phenoxy) is 1. The zero-order valence-corrected chi connectivity index (χ0v) is 21.2. The van der Waals surface area contributed by atoms with E-state index >= 15 is 0 Å². The van der Waals surface area contributed by atoms with E-state index in [9.17, 15) is 49.7 Å². The first-order valence-corrected chi connectivity index (χ1v) is 12.6. The molecule has 8 N–H and O–H groups in total. The summed E-state index contributed by atoms with van der Waals surface area (Å²) in [4.78, 5) is 41.0. The van der Waals surface area contributed by atoms with Gasteiger partial charge in [0.25, 0.3) is 5.56 Å². The smallest absolute Gasteiger partial charge is 0.330 e. The number of nitrogens with one attached hydrogen (secondary N) is 1. The summed E-state index contributed by atoms with van der Waals surface area (Å²) >= 11 is 0. The summed E-state index contributed by atoms with van der Waals surface area (Å²) in [5.74, 6) is 0. The average Bonchev–Trinajstić information content (AvgIpc) is 3.39. The van der Waals surface area contributed by atoms with Crippen LogP contribution in [-0.2, 0) is 18.7 Å². The monoisotopic (exact) mass is 605 g/mol. The molecule has 4 heterocycles. The van der Waals surface area contributed by atoms with Crippen LogP contribution in [0.5, 0.6) is 0 Å². The van der Waals surface area contributed by atoms with Crippen molar-refractivity contribution in [1.29, 1.82) is 0 Å². The molecule has 0 aliphatic carbocycles. The third-order valence-corrected chi connectivity index (χ3v) is 7.83. The van der Waals surface area contributed by atoms with Crippen molar-refractivity contribution < 1.29 is 54.2 Å². The van der Waals surface area contributed by atoms with Gasteiger partial charge < -0.3 is 44.8 Å². The molecule has 1 aromatic heterocycles. The Morgan fingerprint density at radius 3 is 2.50 bits per heavy atom. The summed E-state index contributed by atoms with van der Waals surface area (Å²) in [6.45, 7) is -1.33. The second kappa shape index (κ2) is 11.4. The third kappa shape index (κ3) is 5.68. The molecule has 0 amide bonds. The molecule has 36 heavy (non-hydrogen) atoms. The topological polar surface area (TPSA) is 244 Å². The maximum absolute atomic E-state index is 12.6. The molecule has 0 spiro atoms. The quantitative estimate of drug-likeness (QED) is 0.131. The molecule has 1 aromatic rings. The number of nitrogens with zero attached hydrogens (tertiary/aromatic N) is 2. The van der Waals surface area contributed by atoms with E-state index in [0.29, 0.717) is 0 Å². The lowest BCUT2D eigenvalue weighted by Gasteiger charge is -2.28. The van der Waals surface area contributed by atoms with E-state index in [1.807, 2.05) is 4.98 Å². The number of halogens is 1. The number of aromatic nitrogens is 2. The highest BCUT2D eigenvalue weighted by Gasteiger charge is 2.56. The van der Waals surface area contributed by atoms with Crippen molar-refractivity contribution in [2.45, 2.75) is 67.5 Å². The standard InChI is InChI=1S/C18H28N3O13P.BrH/c22-4-9(23)12-15(27)13(25)8-3-7(34-21(8)12)6-35(30,31)32-5-10-14(26)16(28)17(33-10)20-2-1-11(24)19-18(20)29;/h1-2,7-10,12-17,22-23,25-28H,3-6H2,(H,30,31)(H,19,24,29);1H/t7-,8-,9+,10+,12-,13-,14+,15-,16+,17+;/m0./s1. The Kier molecular flexibility index (Phi) is 9.31. The summed E-state index contributed by atoms with van der Waals surface area (Å²) in [6, 6.07) is -0.906. The normalized spacial score (nSPS) is 38.9. The van der Waals surface area contributed by atoms with Gasteiger partial charge >= 0.3 is 13.3 Å². The number of rotatable bonds is 8. The number of hydroxylamine groups is 2. The molecule has 3 aliphatic heterocycles. The number of aromatic amines is 1. The van der Waals surface area contributed by atoms with Crippen LogP contribution >= 0.6 is 24.6 Å². The Morgan fingerprint density at radius 1 is 1.17 bits per heavy atom. The number of hydrogen-bond donors (Lipinski definition) is 8. The van der Waals surface area contributed by atoms with Crippen LogP contribution in [0.1, 0.15) is 12.6 Å². The van der Waals surface area contributed by atoms with Gasteiger partial charge in [-0.3, -0.25) is 23.7 Å². The summed E-state index contributed by atoms with van der Waals surface area (Å²) < 4.78 is 24.0. The maximum atomic E-state index is 12.6. The first-order valence-electron chi connectivity index (χ1n) is 10.8. The predicted molar refractivity (Wildman–Crippen MR) is 122 cm³/mol. The Balaban J connectivity index is 0.00000361. The van der Waals surface area contributed by atoms with Crippen LogP contribution in [0.25, 0.3) is 0 Å². The van der Waals surface area contributed by atoms with E-state index in [1.165, 1.54) is 0 Å². The fourth-order valence-electron chi connectivity index (χ4n) is 4.67. The van der Waals surface area contributed by atoms with E-state index in [4.69, 9.17) is 14.1 Å². The van der Waals surface area contributed by atoms with Crippen molar-refractivity contribution in [3.8, 4) is 0 Å². The number of hydrogen-bond acceptors (Lipinski definition) is 13. The highest BCUT2D eigenvalue weighted by Crippen LogP contribution is 2.47. The number of aliphatic hydroxyl groups excluding tert-OH is 6. The number of H-pyrrole nitrogens is 1. The van der Waals surface area contributed by atoms with Crippen molar-refractivity contribution >= 4 is 24.6 Å². The van der Waals surface area contributed by atoms with Crippen molar-refractivity contribution in [2.24, 2.45) is 0 Å². The van der Waals surface area contributed by atoms with Crippen LogP contribution < -0.4 is 11.2 Å². The fourth-order valence-corrected chi connectivity index (χ4v) is 5.88. The number of aliphatic hydroxyl groups is 6. The van der Waals surface area contributed by atoms with Gasteiger partial charge in [-0.2, -0.15) is 5.06 Å². The van der Waals surface area contributed by atoms with Crippen molar-refractivity contribution in [1.82, 2.24) is 14.6 Å². The lowest BCUT2D eigenvalue weighted by molar-refractivity contribution is -0.200. The van der Waals surface area contributed by atoms with Gasteiger partial charge in [0.05, 0.1) is 49.8 Å². The molecule has 18 heteroatoms. The molecule has 0 aromatic carbocycles. The van der Waals surface area contributed by atoms with Crippen molar-refractivity contribution in [3.05, 3.63) is 33.1 Å². The molecule has 1 unspecified atom stereocenters. The molecule has 0 radical (unpaired) electrons. The third-order valence-electron chi connectivity index (χ3n) is 6.41. The van der Waals surface area contributed by atoms with Crippen LogP contribution in [0.3, 0.4) is 0 Å². The van der Waals surface area contributed by atoms with Gasteiger partial charge in [-0.15, -0.1) is 17.0 Å². The average molecular weight is 606 g/mol. The molecule has 0 saturated carbocycles. The lowest BCUT2D eigenvalue weighted by Crippen LogP contribution is -2.47. The highest BCUT2D eigenvalue weighted by molar-refractivity contribution is 8.93. The second-order valence-corrected chi connectivity index (χ2v) is 10.7. The molecule has 3 saturated heterocycles. The minimum Gasteiger partial charge on any atom is -0.394 e. The summed E-state index contributed by atoms with van der Waals surface area (Å²) in [5.41, 5.74) is -1.56. The van der Waals surface area contributed by atoms with Crippen LogP contribution in [0.2, 0.25) is 0 Å². The second-order valence-electron chi connectivity index (χ2n) is 8.79. The van der Waals surface area contributed by atoms with Gasteiger partial charge in [-0.25, -0.2) is 4.79 Å². The van der Waals surface area contributed by atoms with Gasteiger partial charge in [0.1, 0.15) is 24.4 Å². The van der Waals surface area contributed by atoms with Crippen molar-refractivity contribution in [2.75, 3.05) is 19.4 Å². The van der Waals surface area contributed by atoms with Crippen molar-refractivity contribution in [3.63, 3.8) is 0 Å². The summed E-state index contributed by atoms with van der Waals surface area (Å²) in [5, 5.41) is 61.0.